The minimum Gasteiger partial charge on any atom is -0.481 e. The number of fused-ring (bicyclic) bond motifs is 1. The molecule has 3 aromatic rings. The van der Waals surface area contributed by atoms with Crippen molar-refractivity contribution < 1.29 is 13.9 Å². The van der Waals surface area contributed by atoms with Crippen LogP contribution in [0.15, 0.2) is 48.5 Å². The number of ether oxygens (including phenoxy) is 1. The third-order valence-electron chi connectivity index (χ3n) is 4.61. The molecule has 1 fully saturated rings. The number of thiazole rings is 1. The Kier molecular flexibility index (Phi) is 4.84. The van der Waals surface area contributed by atoms with E-state index < -0.39 is 5.82 Å². The standard InChI is InChI=1S/C20H19FN2O2S/c21-14-7-1-3-10-17(14)25-13-19(24)23-12-6-5-9-16(23)20-22-15-8-2-4-11-18(15)26-20/h1-4,7-8,10-11,16H,5-6,9,12-13H2. The van der Waals surface area contributed by atoms with Crippen molar-refractivity contribution >= 4 is 27.5 Å². The van der Waals surface area contributed by atoms with Crippen LogP contribution in [0, 0.1) is 5.82 Å². The molecule has 134 valence electrons. The van der Waals surface area contributed by atoms with Crippen LogP contribution in [0.5, 0.6) is 5.75 Å². The molecule has 0 aliphatic carbocycles. The second-order valence-corrected chi connectivity index (χ2v) is 7.40. The molecule has 4 rings (SSSR count). The number of amides is 1. The summed E-state index contributed by atoms with van der Waals surface area (Å²) in [6.45, 7) is 0.516. The predicted octanol–water partition coefficient (Wildman–Crippen LogP) is 4.57. The molecule has 0 radical (unpaired) electrons. The lowest BCUT2D eigenvalue weighted by molar-refractivity contribution is -0.137. The van der Waals surface area contributed by atoms with E-state index in [0.717, 1.165) is 34.5 Å². The highest BCUT2D eigenvalue weighted by molar-refractivity contribution is 7.18. The third-order valence-corrected chi connectivity index (χ3v) is 5.74. The van der Waals surface area contributed by atoms with Crippen LogP contribution in [-0.2, 0) is 4.79 Å². The van der Waals surface area contributed by atoms with Gasteiger partial charge in [0.25, 0.3) is 5.91 Å². The Balaban J connectivity index is 1.51. The van der Waals surface area contributed by atoms with E-state index in [4.69, 9.17) is 9.72 Å². The number of carbonyl (C=O) groups excluding carboxylic acids is 1. The number of piperidine rings is 1. The molecule has 2 aromatic carbocycles. The lowest BCUT2D eigenvalue weighted by Gasteiger charge is -2.34. The summed E-state index contributed by atoms with van der Waals surface area (Å²) in [6, 6.07) is 14.1. The van der Waals surface area contributed by atoms with E-state index in [1.54, 1.807) is 23.5 Å². The summed E-state index contributed by atoms with van der Waals surface area (Å²) in [5.41, 5.74) is 0.966. The van der Waals surface area contributed by atoms with Gasteiger partial charge in [-0.2, -0.15) is 0 Å². The zero-order valence-electron chi connectivity index (χ0n) is 14.2. The van der Waals surface area contributed by atoms with Gasteiger partial charge in [0.05, 0.1) is 16.3 Å². The zero-order chi connectivity index (χ0) is 17.9. The van der Waals surface area contributed by atoms with Crippen molar-refractivity contribution in [1.29, 1.82) is 0 Å². The first-order chi connectivity index (χ1) is 12.7. The van der Waals surface area contributed by atoms with Gasteiger partial charge in [0.15, 0.2) is 18.2 Å². The number of hydrogen-bond donors (Lipinski definition) is 0. The molecule has 0 bridgehead atoms. The van der Waals surface area contributed by atoms with Crippen molar-refractivity contribution in [3.63, 3.8) is 0 Å². The smallest absolute Gasteiger partial charge is 0.261 e. The molecule has 2 heterocycles. The number of carbonyl (C=O) groups is 1. The Morgan fingerprint density at radius 2 is 2.00 bits per heavy atom. The third kappa shape index (κ3) is 3.42. The molecule has 0 saturated carbocycles. The maximum Gasteiger partial charge on any atom is 0.261 e. The monoisotopic (exact) mass is 370 g/mol. The largest absolute Gasteiger partial charge is 0.481 e. The number of benzene rings is 2. The number of hydrogen-bond acceptors (Lipinski definition) is 4. The number of nitrogens with zero attached hydrogens (tertiary/aromatic N) is 2. The van der Waals surface area contributed by atoms with Gasteiger partial charge < -0.3 is 9.64 Å². The Morgan fingerprint density at radius 3 is 2.85 bits per heavy atom. The van der Waals surface area contributed by atoms with Gasteiger partial charge >= 0.3 is 0 Å². The van der Waals surface area contributed by atoms with Gasteiger partial charge in [-0.15, -0.1) is 11.3 Å². The molecule has 1 aromatic heterocycles. The molecule has 0 spiro atoms. The summed E-state index contributed by atoms with van der Waals surface area (Å²) in [6.07, 6.45) is 2.93. The van der Waals surface area contributed by atoms with E-state index in [2.05, 4.69) is 0 Å². The average molecular weight is 370 g/mol. The SMILES string of the molecule is O=C(COc1ccccc1F)N1CCCCC1c1nc2ccccc2s1. The Morgan fingerprint density at radius 1 is 1.19 bits per heavy atom. The number of aromatic nitrogens is 1. The first-order valence-electron chi connectivity index (χ1n) is 8.74. The van der Waals surface area contributed by atoms with Crippen LogP contribution in [0.2, 0.25) is 0 Å². The Hall–Kier alpha value is -2.47. The maximum atomic E-state index is 13.7. The lowest BCUT2D eigenvalue weighted by Crippen LogP contribution is -2.41. The number of rotatable bonds is 4. The fourth-order valence-electron chi connectivity index (χ4n) is 3.30. The van der Waals surface area contributed by atoms with Gasteiger partial charge in [-0.05, 0) is 43.5 Å². The van der Waals surface area contributed by atoms with Crippen molar-refractivity contribution in [2.75, 3.05) is 13.2 Å². The van der Waals surface area contributed by atoms with Gasteiger partial charge in [-0.3, -0.25) is 4.79 Å². The minimum atomic E-state index is -0.457. The van der Waals surface area contributed by atoms with Gasteiger partial charge in [-0.25, -0.2) is 9.37 Å². The van der Waals surface area contributed by atoms with Gasteiger partial charge in [-0.1, -0.05) is 24.3 Å². The van der Waals surface area contributed by atoms with Crippen LogP contribution < -0.4 is 4.74 Å². The topological polar surface area (TPSA) is 42.4 Å². The van der Waals surface area contributed by atoms with Crippen LogP contribution in [0.4, 0.5) is 4.39 Å². The van der Waals surface area contributed by atoms with Gasteiger partial charge in [0.1, 0.15) is 5.01 Å². The van der Waals surface area contributed by atoms with E-state index in [-0.39, 0.29) is 24.3 Å². The van der Waals surface area contributed by atoms with Gasteiger partial charge in [0.2, 0.25) is 0 Å². The highest BCUT2D eigenvalue weighted by Gasteiger charge is 2.30. The van der Waals surface area contributed by atoms with E-state index in [0.29, 0.717) is 6.54 Å². The highest BCUT2D eigenvalue weighted by Crippen LogP contribution is 2.35. The highest BCUT2D eigenvalue weighted by atomic mass is 32.1. The van der Waals surface area contributed by atoms with Crippen LogP contribution in [-0.4, -0.2) is 28.9 Å². The minimum absolute atomic E-state index is 0.0297. The lowest BCUT2D eigenvalue weighted by atomic mass is 10.0. The molecule has 1 amide bonds. The van der Waals surface area contributed by atoms with E-state index >= 15 is 0 Å². The zero-order valence-corrected chi connectivity index (χ0v) is 15.0. The Bertz CT molecular complexity index is 894. The second-order valence-electron chi connectivity index (χ2n) is 6.34. The summed E-state index contributed by atoms with van der Waals surface area (Å²) in [5, 5.41) is 0.963. The molecule has 1 aliphatic rings. The summed E-state index contributed by atoms with van der Waals surface area (Å²) >= 11 is 1.64. The molecule has 1 aliphatic heterocycles. The van der Waals surface area contributed by atoms with Crippen molar-refractivity contribution in [2.24, 2.45) is 0 Å². The normalized spacial score (nSPS) is 17.4. The number of halogens is 1. The van der Waals surface area contributed by atoms with Crippen LogP contribution >= 0.6 is 11.3 Å². The summed E-state index contributed by atoms with van der Waals surface area (Å²) < 4.78 is 20.2. The predicted molar refractivity (Wildman–Crippen MR) is 99.8 cm³/mol. The van der Waals surface area contributed by atoms with Crippen LogP contribution in [0.25, 0.3) is 10.2 Å². The summed E-state index contributed by atoms with van der Waals surface area (Å²) in [5.74, 6) is -0.478. The van der Waals surface area contributed by atoms with Crippen molar-refractivity contribution in [2.45, 2.75) is 25.3 Å². The molecular weight excluding hydrogens is 351 g/mol. The van der Waals surface area contributed by atoms with Crippen molar-refractivity contribution in [1.82, 2.24) is 9.88 Å². The first kappa shape index (κ1) is 17.0. The van der Waals surface area contributed by atoms with E-state index in [9.17, 15) is 9.18 Å². The summed E-state index contributed by atoms with van der Waals surface area (Å²) in [4.78, 5) is 19.3. The molecule has 0 N–H and O–H groups in total. The molecule has 1 unspecified atom stereocenters. The van der Waals surface area contributed by atoms with Crippen molar-refractivity contribution in [3.8, 4) is 5.75 Å². The van der Waals surface area contributed by atoms with Gasteiger partial charge in [0, 0.05) is 6.54 Å². The first-order valence-corrected chi connectivity index (χ1v) is 9.56. The fraction of sp³-hybridized carbons (Fsp3) is 0.300. The summed E-state index contributed by atoms with van der Waals surface area (Å²) in [7, 11) is 0. The second kappa shape index (κ2) is 7.41. The molecule has 1 saturated heterocycles. The van der Waals surface area contributed by atoms with Crippen LogP contribution in [0.3, 0.4) is 0 Å². The van der Waals surface area contributed by atoms with Crippen molar-refractivity contribution in [3.05, 3.63) is 59.4 Å². The molecule has 26 heavy (non-hydrogen) atoms. The molecule has 1 atom stereocenters. The molecule has 6 heteroatoms. The van der Waals surface area contributed by atoms with E-state index in [1.807, 2.05) is 29.2 Å². The maximum absolute atomic E-state index is 13.7. The van der Waals surface area contributed by atoms with E-state index in [1.165, 1.54) is 12.1 Å². The molecule has 4 nitrogen and oxygen atoms in total. The Labute approximate surface area is 155 Å². The van der Waals surface area contributed by atoms with Crippen LogP contribution in [0.1, 0.15) is 30.3 Å². The molecular formula is C20H19FN2O2S. The average Bonchev–Trinajstić information content (AvgIpc) is 3.11. The number of para-hydroxylation sites is 2. The fourth-order valence-corrected chi connectivity index (χ4v) is 4.42. The number of likely N-dealkylation sites (tertiary alicyclic amines) is 1. The quantitative estimate of drug-likeness (QED) is 0.676.